The molecule has 2 rings (SSSR count). The van der Waals surface area contributed by atoms with Crippen LogP contribution in [0.25, 0.3) is 0 Å². The van der Waals surface area contributed by atoms with Crippen molar-refractivity contribution < 1.29 is 4.79 Å². The average molecular weight is 242 g/mol. The van der Waals surface area contributed by atoms with Crippen LogP contribution in [-0.2, 0) is 4.79 Å². The first-order valence-electron chi connectivity index (χ1n) is 5.64. The van der Waals surface area contributed by atoms with Crippen molar-refractivity contribution in [2.75, 3.05) is 19.0 Å². The van der Waals surface area contributed by atoms with Gasteiger partial charge >= 0.3 is 0 Å². The largest absolute Gasteiger partial charge is 0.343 e. The van der Waals surface area contributed by atoms with Gasteiger partial charge in [-0.1, -0.05) is 0 Å². The number of rotatable bonds is 3. The molecule has 1 aromatic rings. The summed E-state index contributed by atoms with van der Waals surface area (Å²) in [5.74, 6) is 0.590. The lowest BCUT2D eigenvalue weighted by Gasteiger charge is -2.32. The Labute approximate surface area is 100 Å². The lowest BCUT2D eigenvalue weighted by molar-refractivity contribution is -0.132. The number of aromatic nitrogens is 2. The van der Waals surface area contributed by atoms with Gasteiger partial charge in [0.05, 0.1) is 6.04 Å². The van der Waals surface area contributed by atoms with E-state index in [1.807, 2.05) is 21.8 Å². The van der Waals surface area contributed by atoms with Gasteiger partial charge in [0, 0.05) is 37.8 Å². The molecule has 5 heteroatoms. The van der Waals surface area contributed by atoms with Crippen molar-refractivity contribution >= 4 is 17.5 Å². The van der Waals surface area contributed by atoms with Crippen LogP contribution in [0.2, 0.25) is 0 Å². The summed E-state index contributed by atoms with van der Waals surface area (Å²) in [6, 6.07) is 2.38. The van der Waals surface area contributed by atoms with Gasteiger partial charge in [0.25, 0.3) is 0 Å². The molecule has 0 N–H and O–H groups in total. The summed E-state index contributed by atoms with van der Waals surface area (Å²) in [5, 5.41) is 4.24. The van der Waals surface area contributed by atoms with Gasteiger partial charge in [-0.15, -0.1) is 11.6 Å². The predicted octanol–water partition coefficient (Wildman–Crippen LogP) is 1.68. The number of halogens is 1. The molecule has 1 aliphatic rings. The summed E-state index contributed by atoms with van der Waals surface area (Å²) in [7, 11) is 0. The number of piperidine rings is 1. The zero-order chi connectivity index (χ0) is 11.4. The van der Waals surface area contributed by atoms with Gasteiger partial charge in [-0.05, 0) is 18.9 Å². The van der Waals surface area contributed by atoms with Crippen LogP contribution >= 0.6 is 11.6 Å². The molecule has 0 bridgehead atoms. The highest BCUT2D eigenvalue weighted by Crippen LogP contribution is 2.21. The Balaban J connectivity index is 1.85. The van der Waals surface area contributed by atoms with Crippen molar-refractivity contribution in [2.24, 2.45) is 0 Å². The fraction of sp³-hybridized carbons (Fsp3) is 0.636. The molecule has 0 saturated carbocycles. The molecular weight excluding hydrogens is 226 g/mol. The predicted molar refractivity (Wildman–Crippen MR) is 62.4 cm³/mol. The van der Waals surface area contributed by atoms with Crippen LogP contribution in [0.1, 0.15) is 25.3 Å². The third-order valence-electron chi connectivity index (χ3n) is 3.02. The maximum atomic E-state index is 11.6. The SMILES string of the molecule is O=C(CCCl)N1CCC(n2cccn2)CC1. The van der Waals surface area contributed by atoms with Crippen LogP contribution in [0, 0.1) is 0 Å². The second-order valence-electron chi connectivity index (χ2n) is 4.04. The Kier molecular flexibility index (Phi) is 3.83. The molecule has 1 amide bonds. The van der Waals surface area contributed by atoms with E-state index in [1.165, 1.54) is 0 Å². The summed E-state index contributed by atoms with van der Waals surface area (Å²) in [6.07, 6.45) is 6.20. The Bertz CT molecular complexity index is 331. The second-order valence-corrected chi connectivity index (χ2v) is 4.41. The van der Waals surface area contributed by atoms with Crippen molar-refractivity contribution in [2.45, 2.75) is 25.3 Å². The van der Waals surface area contributed by atoms with Crippen LogP contribution in [0.5, 0.6) is 0 Å². The highest BCUT2D eigenvalue weighted by atomic mass is 35.5. The molecule has 1 saturated heterocycles. The van der Waals surface area contributed by atoms with E-state index in [-0.39, 0.29) is 5.91 Å². The molecule has 16 heavy (non-hydrogen) atoms. The number of hydrogen-bond acceptors (Lipinski definition) is 2. The standard InChI is InChI=1S/C11H16ClN3O/c12-5-2-11(16)14-8-3-10(4-9-14)15-7-1-6-13-15/h1,6-7,10H,2-5,8-9H2. The van der Waals surface area contributed by atoms with Gasteiger partial charge in [0.15, 0.2) is 0 Å². The first kappa shape index (κ1) is 11.5. The fourth-order valence-corrected chi connectivity index (χ4v) is 2.28. The molecule has 1 aliphatic heterocycles. The topological polar surface area (TPSA) is 38.1 Å². The van der Waals surface area contributed by atoms with E-state index < -0.39 is 0 Å². The maximum absolute atomic E-state index is 11.6. The third kappa shape index (κ3) is 2.55. The van der Waals surface area contributed by atoms with Crippen molar-refractivity contribution in [1.29, 1.82) is 0 Å². The van der Waals surface area contributed by atoms with Crippen molar-refractivity contribution in [3.63, 3.8) is 0 Å². The van der Waals surface area contributed by atoms with Crippen molar-refractivity contribution in [3.05, 3.63) is 18.5 Å². The van der Waals surface area contributed by atoms with Crippen LogP contribution in [0.4, 0.5) is 0 Å². The van der Waals surface area contributed by atoms with E-state index in [1.54, 1.807) is 6.20 Å². The molecular formula is C11H16ClN3O. The summed E-state index contributed by atoms with van der Waals surface area (Å²) in [5.41, 5.74) is 0. The van der Waals surface area contributed by atoms with Crippen LogP contribution in [0.3, 0.4) is 0 Å². The van der Waals surface area contributed by atoms with Crippen LogP contribution in [0.15, 0.2) is 18.5 Å². The number of hydrogen-bond donors (Lipinski definition) is 0. The summed E-state index contributed by atoms with van der Waals surface area (Å²) in [6.45, 7) is 1.64. The van der Waals surface area contributed by atoms with Gasteiger partial charge in [0.2, 0.25) is 5.91 Å². The van der Waals surface area contributed by atoms with Gasteiger partial charge in [-0.2, -0.15) is 5.10 Å². The summed E-state index contributed by atoms with van der Waals surface area (Å²) < 4.78 is 1.99. The lowest BCUT2D eigenvalue weighted by atomic mass is 10.1. The summed E-state index contributed by atoms with van der Waals surface area (Å²) >= 11 is 5.56. The van der Waals surface area contributed by atoms with Gasteiger partial charge in [-0.3, -0.25) is 9.48 Å². The highest BCUT2D eigenvalue weighted by molar-refractivity contribution is 6.18. The van der Waals surface area contributed by atoms with Crippen LogP contribution < -0.4 is 0 Å². The average Bonchev–Trinajstić information content (AvgIpc) is 2.83. The molecule has 0 aromatic carbocycles. The monoisotopic (exact) mass is 241 g/mol. The normalized spacial score (nSPS) is 17.7. The number of carbonyl (C=O) groups excluding carboxylic acids is 1. The van der Waals surface area contributed by atoms with E-state index in [9.17, 15) is 4.79 Å². The fourth-order valence-electron chi connectivity index (χ4n) is 2.12. The van der Waals surface area contributed by atoms with E-state index in [4.69, 9.17) is 11.6 Å². The second kappa shape index (κ2) is 5.34. The number of nitrogens with zero attached hydrogens (tertiary/aromatic N) is 3. The van der Waals surface area contributed by atoms with Crippen molar-refractivity contribution in [1.82, 2.24) is 14.7 Å². The van der Waals surface area contributed by atoms with Gasteiger partial charge < -0.3 is 4.90 Å². The minimum Gasteiger partial charge on any atom is -0.343 e. The van der Waals surface area contributed by atoms with Crippen LogP contribution in [-0.4, -0.2) is 39.6 Å². The quantitative estimate of drug-likeness (QED) is 0.756. The maximum Gasteiger partial charge on any atom is 0.223 e. The minimum atomic E-state index is 0.175. The third-order valence-corrected chi connectivity index (χ3v) is 3.21. The molecule has 1 aromatic heterocycles. The molecule has 4 nitrogen and oxygen atoms in total. The van der Waals surface area contributed by atoms with E-state index >= 15 is 0 Å². The van der Waals surface area contributed by atoms with Gasteiger partial charge in [-0.25, -0.2) is 0 Å². The minimum absolute atomic E-state index is 0.175. The molecule has 88 valence electrons. The van der Waals surface area contributed by atoms with E-state index in [0.717, 1.165) is 25.9 Å². The molecule has 1 fully saturated rings. The van der Waals surface area contributed by atoms with Crippen molar-refractivity contribution in [3.8, 4) is 0 Å². The number of carbonyl (C=O) groups is 1. The first-order valence-corrected chi connectivity index (χ1v) is 6.17. The van der Waals surface area contributed by atoms with E-state index in [2.05, 4.69) is 5.10 Å². The van der Waals surface area contributed by atoms with Gasteiger partial charge in [0.1, 0.15) is 0 Å². The molecule has 0 radical (unpaired) electrons. The Morgan fingerprint density at radius 3 is 2.75 bits per heavy atom. The Morgan fingerprint density at radius 2 is 2.19 bits per heavy atom. The zero-order valence-electron chi connectivity index (χ0n) is 9.18. The molecule has 0 atom stereocenters. The lowest BCUT2D eigenvalue weighted by Crippen LogP contribution is -2.39. The molecule has 0 spiro atoms. The van der Waals surface area contributed by atoms with E-state index in [0.29, 0.717) is 18.3 Å². The molecule has 0 aliphatic carbocycles. The number of likely N-dealkylation sites (tertiary alicyclic amines) is 1. The number of alkyl halides is 1. The zero-order valence-corrected chi connectivity index (χ0v) is 9.94. The highest BCUT2D eigenvalue weighted by Gasteiger charge is 2.23. The first-order chi connectivity index (χ1) is 7.81. The smallest absolute Gasteiger partial charge is 0.223 e. The molecule has 0 unspecified atom stereocenters. The molecule has 2 heterocycles. The number of amides is 1. The Morgan fingerprint density at radius 1 is 1.44 bits per heavy atom. The Hall–Kier alpha value is -1.03. The summed E-state index contributed by atoms with van der Waals surface area (Å²) in [4.78, 5) is 13.5.